The SMILES string of the molecule is C=CCNS(=O)(=O)c1ccc2c(c1)sc(=O)n2C(C)C. The number of nitrogens with one attached hydrogen (secondary N) is 1. The fourth-order valence-electron chi connectivity index (χ4n) is 1.92. The second-order valence-corrected chi connectivity index (χ2v) is 7.36. The van der Waals surface area contributed by atoms with E-state index in [1.54, 1.807) is 10.6 Å². The normalized spacial score (nSPS) is 12.2. The second kappa shape index (κ2) is 5.51. The molecular weight excluding hydrogens is 296 g/mol. The molecule has 0 spiro atoms. The molecule has 1 heterocycles. The zero-order valence-corrected chi connectivity index (χ0v) is 12.9. The number of aromatic nitrogens is 1. The fraction of sp³-hybridized carbons (Fsp3) is 0.308. The molecule has 0 radical (unpaired) electrons. The van der Waals surface area contributed by atoms with Gasteiger partial charge in [0.05, 0.1) is 15.1 Å². The molecule has 2 rings (SSSR count). The van der Waals surface area contributed by atoms with Crippen molar-refractivity contribution in [2.75, 3.05) is 6.54 Å². The van der Waals surface area contributed by atoms with E-state index >= 15 is 0 Å². The lowest BCUT2D eigenvalue weighted by atomic mass is 10.3. The fourth-order valence-corrected chi connectivity index (χ4v) is 4.08. The van der Waals surface area contributed by atoms with Crippen molar-refractivity contribution in [1.29, 1.82) is 0 Å². The van der Waals surface area contributed by atoms with Gasteiger partial charge in [0.1, 0.15) is 0 Å². The zero-order valence-electron chi connectivity index (χ0n) is 11.3. The van der Waals surface area contributed by atoms with Crippen molar-refractivity contribution < 1.29 is 8.42 Å². The van der Waals surface area contributed by atoms with Crippen molar-refractivity contribution in [3.8, 4) is 0 Å². The highest BCUT2D eigenvalue weighted by Crippen LogP contribution is 2.23. The molecule has 7 heteroatoms. The van der Waals surface area contributed by atoms with Gasteiger partial charge in [-0.3, -0.25) is 9.36 Å². The molecule has 0 saturated heterocycles. The summed E-state index contributed by atoms with van der Waals surface area (Å²) >= 11 is 1.06. The van der Waals surface area contributed by atoms with Crippen LogP contribution in [0.25, 0.3) is 10.2 Å². The Morgan fingerprint density at radius 2 is 2.15 bits per heavy atom. The Hall–Kier alpha value is -1.44. The van der Waals surface area contributed by atoms with Gasteiger partial charge in [0.25, 0.3) is 0 Å². The van der Waals surface area contributed by atoms with E-state index in [9.17, 15) is 13.2 Å². The van der Waals surface area contributed by atoms with Crippen LogP contribution >= 0.6 is 11.3 Å². The van der Waals surface area contributed by atoms with Gasteiger partial charge in [-0.25, -0.2) is 13.1 Å². The van der Waals surface area contributed by atoms with Gasteiger partial charge >= 0.3 is 4.87 Å². The standard InChI is InChI=1S/C13H16N2O3S2/c1-4-7-14-20(17,18)10-5-6-11-12(8-10)19-13(16)15(11)9(2)3/h4-6,8-9,14H,1,7H2,2-3H3. The van der Waals surface area contributed by atoms with E-state index in [2.05, 4.69) is 11.3 Å². The number of hydrogen-bond donors (Lipinski definition) is 1. The van der Waals surface area contributed by atoms with Gasteiger partial charge in [-0.15, -0.1) is 6.58 Å². The van der Waals surface area contributed by atoms with Crippen LogP contribution in [0.15, 0.2) is 40.5 Å². The molecule has 108 valence electrons. The van der Waals surface area contributed by atoms with E-state index in [0.717, 1.165) is 16.9 Å². The van der Waals surface area contributed by atoms with Crippen molar-refractivity contribution in [1.82, 2.24) is 9.29 Å². The molecule has 0 aliphatic heterocycles. The van der Waals surface area contributed by atoms with Gasteiger partial charge in [-0.05, 0) is 32.0 Å². The molecule has 20 heavy (non-hydrogen) atoms. The summed E-state index contributed by atoms with van der Waals surface area (Å²) in [5.74, 6) is 0. The number of hydrogen-bond acceptors (Lipinski definition) is 4. The summed E-state index contributed by atoms with van der Waals surface area (Å²) in [7, 11) is -3.56. The lowest BCUT2D eigenvalue weighted by Crippen LogP contribution is -2.23. The first kappa shape index (κ1) is 15.0. The van der Waals surface area contributed by atoms with E-state index in [0.29, 0.717) is 4.70 Å². The number of fused-ring (bicyclic) bond motifs is 1. The van der Waals surface area contributed by atoms with Crippen molar-refractivity contribution >= 4 is 31.6 Å². The average Bonchev–Trinajstić information content (AvgIpc) is 2.71. The Balaban J connectivity index is 2.56. The molecule has 1 aromatic carbocycles. The summed E-state index contributed by atoms with van der Waals surface area (Å²) in [6.45, 7) is 7.48. The molecule has 0 fully saturated rings. The van der Waals surface area contributed by atoms with E-state index < -0.39 is 10.0 Å². The smallest absolute Gasteiger partial charge is 0.296 e. The van der Waals surface area contributed by atoms with Gasteiger partial charge in [0, 0.05) is 12.6 Å². The van der Waals surface area contributed by atoms with Crippen LogP contribution in [0.2, 0.25) is 0 Å². The van der Waals surface area contributed by atoms with Crippen LogP contribution in [-0.2, 0) is 10.0 Å². The minimum Gasteiger partial charge on any atom is -0.296 e. The molecule has 2 aromatic rings. The second-order valence-electron chi connectivity index (χ2n) is 4.60. The molecule has 0 aliphatic carbocycles. The van der Waals surface area contributed by atoms with Crippen molar-refractivity contribution in [3.05, 3.63) is 40.5 Å². The van der Waals surface area contributed by atoms with E-state index in [1.807, 2.05) is 13.8 Å². The van der Waals surface area contributed by atoms with Crippen LogP contribution < -0.4 is 9.60 Å². The maximum atomic E-state index is 12.0. The third-order valence-corrected chi connectivity index (χ3v) is 5.17. The summed E-state index contributed by atoms with van der Waals surface area (Å²) in [5, 5.41) is 0. The van der Waals surface area contributed by atoms with E-state index in [1.165, 1.54) is 18.2 Å². The minimum atomic E-state index is -3.56. The molecule has 0 bridgehead atoms. The van der Waals surface area contributed by atoms with Crippen molar-refractivity contribution in [2.24, 2.45) is 0 Å². The molecule has 0 atom stereocenters. The summed E-state index contributed by atoms with van der Waals surface area (Å²) in [6, 6.07) is 4.76. The molecule has 0 amide bonds. The lowest BCUT2D eigenvalue weighted by molar-refractivity contribution is 0.585. The number of benzene rings is 1. The summed E-state index contributed by atoms with van der Waals surface area (Å²) in [6.07, 6.45) is 1.48. The Kier molecular flexibility index (Phi) is 4.12. The predicted octanol–water partition coefficient (Wildman–Crippen LogP) is 2.11. The van der Waals surface area contributed by atoms with E-state index in [4.69, 9.17) is 0 Å². The largest absolute Gasteiger partial charge is 0.308 e. The first-order chi connectivity index (χ1) is 9.36. The van der Waals surface area contributed by atoms with Crippen LogP contribution in [0.1, 0.15) is 19.9 Å². The van der Waals surface area contributed by atoms with Gasteiger partial charge in [-0.2, -0.15) is 0 Å². The summed E-state index contributed by atoms with van der Waals surface area (Å²) in [5.41, 5.74) is 0.762. The Bertz CT molecular complexity index is 801. The number of sulfonamides is 1. The average molecular weight is 312 g/mol. The zero-order chi connectivity index (χ0) is 14.9. The van der Waals surface area contributed by atoms with Crippen molar-refractivity contribution in [3.63, 3.8) is 0 Å². The van der Waals surface area contributed by atoms with Gasteiger partial charge < -0.3 is 0 Å². The van der Waals surface area contributed by atoms with E-state index in [-0.39, 0.29) is 22.4 Å². The Labute approximate surface area is 121 Å². The number of rotatable bonds is 5. The van der Waals surface area contributed by atoms with Gasteiger partial charge in [0.15, 0.2) is 0 Å². The summed E-state index contributed by atoms with van der Waals surface area (Å²) < 4.78 is 28.8. The molecule has 1 aromatic heterocycles. The van der Waals surface area contributed by atoms with Crippen LogP contribution in [0.3, 0.4) is 0 Å². The third-order valence-electron chi connectivity index (χ3n) is 2.83. The van der Waals surface area contributed by atoms with Gasteiger partial charge in [-0.1, -0.05) is 17.4 Å². The lowest BCUT2D eigenvalue weighted by Gasteiger charge is -2.08. The van der Waals surface area contributed by atoms with Gasteiger partial charge in [0.2, 0.25) is 10.0 Å². The molecule has 0 saturated carbocycles. The van der Waals surface area contributed by atoms with Crippen molar-refractivity contribution in [2.45, 2.75) is 24.8 Å². The van der Waals surface area contributed by atoms with Crippen LogP contribution in [0, 0.1) is 0 Å². The van der Waals surface area contributed by atoms with Crippen LogP contribution in [0.4, 0.5) is 0 Å². The Morgan fingerprint density at radius 1 is 1.45 bits per heavy atom. The molecular formula is C13H16N2O3S2. The molecule has 1 N–H and O–H groups in total. The molecule has 0 unspecified atom stereocenters. The molecule has 5 nitrogen and oxygen atoms in total. The monoisotopic (exact) mass is 312 g/mol. The quantitative estimate of drug-likeness (QED) is 0.860. The van der Waals surface area contributed by atoms with Crippen LogP contribution in [0.5, 0.6) is 0 Å². The summed E-state index contributed by atoms with van der Waals surface area (Å²) in [4.78, 5) is 12.0. The number of thiazole rings is 1. The minimum absolute atomic E-state index is 0.0394. The first-order valence-electron chi connectivity index (χ1n) is 6.12. The highest BCUT2D eigenvalue weighted by Gasteiger charge is 2.16. The third kappa shape index (κ3) is 2.70. The topological polar surface area (TPSA) is 68.2 Å². The molecule has 0 aliphatic rings. The highest BCUT2D eigenvalue weighted by molar-refractivity contribution is 7.89. The number of nitrogens with zero attached hydrogens (tertiary/aromatic N) is 1. The highest BCUT2D eigenvalue weighted by atomic mass is 32.2. The Morgan fingerprint density at radius 3 is 2.75 bits per heavy atom. The first-order valence-corrected chi connectivity index (χ1v) is 8.42. The maximum absolute atomic E-state index is 12.0. The predicted molar refractivity (Wildman–Crippen MR) is 81.9 cm³/mol. The van der Waals surface area contributed by atoms with Crippen LogP contribution in [-0.4, -0.2) is 19.5 Å². The maximum Gasteiger partial charge on any atom is 0.308 e.